The van der Waals surface area contributed by atoms with Crippen LogP contribution in [0.4, 0.5) is 0 Å². The van der Waals surface area contributed by atoms with Crippen molar-refractivity contribution in [3.63, 3.8) is 0 Å². The number of hydrogen-bond donors (Lipinski definition) is 1. The van der Waals surface area contributed by atoms with Crippen molar-refractivity contribution in [2.45, 2.75) is 38.8 Å². The number of rotatable bonds is 1. The monoisotopic (exact) mass is 262 g/mol. The van der Waals surface area contributed by atoms with Gasteiger partial charge in [0, 0.05) is 31.8 Å². The molecule has 0 aromatic carbocycles. The molecule has 4 nitrogen and oxygen atoms in total. The van der Waals surface area contributed by atoms with E-state index >= 15 is 0 Å². The predicted molar refractivity (Wildman–Crippen MR) is 69.4 cm³/mol. The van der Waals surface area contributed by atoms with Crippen LogP contribution in [0.2, 0.25) is 0 Å². The maximum absolute atomic E-state index is 12.3. The van der Waals surface area contributed by atoms with Crippen LogP contribution in [-0.2, 0) is 9.53 Å². The second kappa shape index (κ2) is 6.57. The molecule has 1 amide bonds. The topological polar surface area (TPSA) is 41.6 Å². The van der Waals surface area contributed by atoms with E-state index < -0.39 is 0 Å². The third kappa shape index (κ3) is 3.83. The lowest BCUT2D eigenvalue weighted by Gasteiger charge is -2.38. The van der Waals surface area contributed by atoms with E-state index in [0.717, 1.165) is 32.5 Å². The number of carbonyl (C=O) groups excluding carboxylic acids is 1. The summed E-state index contributed by atoms with van der Waals surface area (Å²) in [6.07, 6.45) is 2.01. The molecule has 17 heavy (non-hydrogen) atoms. The van der Waals surface area contributed by atoms with E-state index in [1.165, 1.54) is 0 Å². The predicted octanol–water partition coefficient (Wildman–Crippen LogP) is 1.04. The van der Waals surface area contributed by atoms with Crippen molar-refractivity contribution in [3.8, 4) is 0 Å². The summed E-state index contributed by atoms with van der Waals surface area (Å²) in [6, 6.07) is 0.800. The second-order valence-corrected chi connectivity index (χ2v) is 5.13. The summed E-state index contributed by atoms with van der Waals surface area (Å²) in [6.45, 7) is 7.36. The van der Waals surface area contributed by atoms with E-state index in [-0.39, 0.29) is 18.3 Å². The fourth-order valence-electron chi connectivity index (χ4n) is 2.70. The minimum absolute atomic E-state index is 0. The molecule has 2 aliphatic rings. The standard InChI is InChI=1S/C12H22N2O2.ClH/c1-9-6-14(7-10(2)13-9)12(15)11-4-3-5-16-8-11;/h9-11,13H,3-8H2,1-2H3;1H. The molecule has 3 unspecified atom stereocenters. The van der Waals surface area contributed by atoms with Gasteiger partial charge >= 0.3 is 0 Å². The molecule has 0 aromatic rings. The van der Waals surface area contributed by atoms with Crippen molar-refractivity contribution in [3.05, 3.63) is 0 Å². The van der Waals surface area contributed by atoms with E-state index in [9.17, 15) is 4.79 Å². The van der Waals surface area contributed by atoms with Gasteiger partial charge in [-0.3, -0.25) is 4.79 Å². The number of hydrogen-bond acceptors (Lipinski definition) is 3. The molecule has 3 atom stereocenters. The minimum Gasteiger partial charge on any atom is -0.381 e. The van der Waals surface area contributed by atoms with E-state index in [0.29, 0.717) is 24.6 Å². The minimum atomic E-state index is 0. The van der Waals surface area contributed by atoms with Gasteiger partial charge in [-0.1, -0.05) is 0 Å². The lowest BCUT2D eigenvalue weighted by atomic mass is 9.99. The molecule has 2 fully saturated rings. The van der Waals surface area contributed by atoms with E-state index in [1.54, 1.807) is 0 Å². The molecule has 100 valence electrons. The van der Waals surface area contributed by atoms with Gasteiger partial charge in [0.05, 0.1) is 12.5 Å². The fraction of sp³-hybridized carbons (Fsp3) is 0.917. The number of ether oxygens (including phenoxy) is 1. The summed E-state index contributed by atoms with van der Waals surface area (Å²) in [5.41, 5.74) is 0. The normalized spacial score (nSPS) is 34.0. The molecule has 2 saturated heterocycles. The van der Waals surface area contributed by atoms with Gasteiger partial charge in [-0.25, -0.2) is 0 Å². The van der Waals surface area contributed by atoms with Crippen LogP contribution in [0.3, 0.4) is 0 Å². The largest absolute Gasteiger partial charge is 0.381 e. The number of piperazine rings is 1. The molecule has 2 rings (SSSR count). The maximum atomic E-state index is 12.3. The van der Waals surface area contributed by atoms with Gasteiger partial charge in [0.25, 0.3) is 0 Å². The summed E-state index contributed by atoms with van der Waals surface area (Å²) >= 11 is 0. The molecule has 0 spiro atoms. The Morgan fingerprint density at radius 3 is 2.47 bits per heavy atom. The molecule has 0 saturated carbocycles. The average Bonchev–Trinajstić information content (AvgIpc) is 2.28. The van der Waals surface area contributed by atoms with E-state index in [1.807, 2.05) is 4.90 Å². The van der Waals surface area contributed by atoms with Crippen LogP contribution in [0, 0.1) is 5.92 Å². The Labute approximate surface area is 109 Å². The maximum Gasteiger partial charge on any atom is 0.228 e. The number of carbonyl (C=O) groups is 1. The lowest BCUT2D eigenvalue weighted by Crippen LogP contribution is -2.57. The number of nitrogens with one attached hydrogen (secondary N) is 1. The van der Waals surface area contributed by atoms with Crippen molar-refractivity contribution in [1.82, 2.24) is 10.2 Å². The average molecular weight is 263 g/mol. The number of halogens is 1. The molecular weight excluding hydrogens is 240 g/mol. The lowest BCUT2D eigenvalue weighted by molar-refractivity contribution is -0.141. The summed E-state index contributed by atoms with van der Waals surface area (Å²) < 4.78 is 5.38. The van der Waals surface area contributed by atoms with Gasteiger partial charge in [-0.2, -0.15) is 0 Å². The highest BCUT2D eigenvalue weighted by Gasteiger charge is 2.30. The van der Waals surface area contributed by atoms with Crippen molar-refractivity contribution in [2.24, 2.45) is 5.92 Å². The third-order valence-corrected chi connectivity index (χ3v) is 3.38. The van der Waals surface area contributed by atoms with Crippen LogP contribution < -0.4 is 5.32 Å². The van der Waals surface area contributed by atoms with Crippen LogP contribution in [-0.4, -0.2) is 49.2 Å². The van der Waals surface area contributed by atoms with Gasteiger partial charge in [0.2, 0.25) is 5.91 Å². The Hall–Kier alpha value is -0.320. The highest BCUT2D eigenvalue weighted by Crippen LogP contribution is 2.18. The Balaban J connectivity index is 0.00000144. The van der Waals surface area contributed by atoms with Gasteiger partial charge in [0.1, 0.15) is 0 Å². The molecule has 0 aromatic heterocycles. The van der Waals surface area contributed by atoms with Crippen molar-refractivity contribution >= 4 is 18.3 Å². The first-order valence-corrected chi connectivity index (χ1v) is 6.29. The summed E-state index contributed by atoms with van der Waals surface area (Å²) in [4.78, 5) is 14.3. The Bertz CT molecular complexity index is 247. The van der Waals surface area contributed by atoms with Crippen molar-refractivity contribution in [2.75, 3.05) is 26.3 Å². The molecule has 0 radical (unpaired) electrons. The highest BCUT2D eigenvalue weighted by atomic mass is 35.5. The Kier molecular flexibility index (Phi) is 5.70. The zero-order chi connectivity index (χ0) is 11.5. The zero-order valence-electron chi connectivity index (χ0n) is 10.6. The van der Waals surface area contributed by atoms with Crippen molar-refractivity contribution in [1.29, 1.82) is 0 Å². The van der Waals surface area contributed by atoms with Crippen LogP contribution in [0.25, 0.3) is 0 Å². The van der Waals surface area contributed by atoms with Gasteiger partial charge in [-0.15, -0.1) is 12.4 Å². The summed E-state index contributed by atoms with van der Waals surface area (Å²) in [5.74, 6) is 0.395. The molecule has 0 aliphatic carbocycles. The number of nitrogens with zero attached hydrogens (tertiary/aromatic N) is 1. The van der Waals surface area contributed by atoms with Crippen molar-refractivity contribution < 1.29 is 9.53 Å². The second-order valence-electron chi connectivity index (χ2n) is 5.13. The first-order valence-electron chi connectivity index (χ1n) is 6.29. The number of amides is 1. The van der Waals surface area contributed by atoms with Crippen LogP contribution in [0.1, 0.15) is 26.7 Å². The Morgan fingerprint density at radius 1 is 1.29 bits per heavy atom. The smallest absolute Gasteiger partial charge is 0.228 e. The molecule has 5 heteroatoms. The molecular formula is C12H23ClN2O2. The summed E-state index contributed by atoms with van der Waals surface area (Å²) in [7, 11) is 0. The van der Waals surface area contributed by atoms with Gasteiger partial charge in [0.15, 0.2) is 0 Å². The quantitative estimate of drug-likeness (QED) is 0.768. The SMILES string of the molecule is CC1CN(C(=O)C2CCCOC2)CC(C)N1.Cl. The highest BCUT2D eigenvalue weighted by molar-refractivity contribution is 5.85. The van der Waals surface area contributed by atoms with Crippen LogP contribution in [0.5, 0.6) is 0 Å². The molecule has 2 aliphatic heterocycles. The Morgan fingerprint density at radius 2 is 1.94 bits per heavy atom. The van der Waals surface area contributed by atoms with Gasteiger partial charge in [-0.05, 0) is 26.7 Å². The molecule has 0 bridgehead atoms. The molecule has 2 heterocycles. The molecule has 1 N–H and O–H groups in total. The zero-order valence-corrected chi connectivity index (χ0v) is 11.5. The first kappa shape index (κ1) is 14.7. The van der Waals surface area contributed by atoms with Gasteiger partial charge < -0.3 is 15.0 Å². The van der Waals surface area contributed by atoms with Crippen LogP contribution in [0.15, 0.2) is 0 Å². The van der Waals surface area contributed by atoms with Crippen LogP contribution >= 0.6 is 12.4 Å². The third-order valence-electron chi connectivity index (χ3n) is 3.38. The van der Waals surface area contributed by atoms with E-state index in [2.05, 4.69) is 19.2 Å². The van der Waals surface area contributed by atoms with E-state index in [4.69, 9.17) is 4.74 Å². The first-order chi connectivity index (χ1) is 7.66. The summed E-state index contributed by atoms with van der Waals surface area (Å²) in [5, 5.41) is 3.44. The fourth-order valence-corrected chi connectivity index (χ4v) is 2.70.